The Morgan fingerprint density at radius 2 is 1.86 bits per heavy atom. The number of hydrogen-bond acceptors (Lipinski definition) is 5. The number of hydrogen-bond donors (Lipinski definition) is 1. The highest BCUT2D eigenvalue weighted by atomic mass is 16.6. The predicted molar refractivity (Wildman–Crippen MR) is 74.8 cm³/mol. The lowest BCUT2D eigenvalue weighted by molar-refractivity contribution is -0.394. The number of nitro groups is 2. The second-order valence-electron chi connectivity index (χ2n) is 4.32. The van der Waals surface area contributed by atoms with Crippen molar-refractivity contribution in [3.63, 3.8) is 0 Å². The van der Waals surface area contributed by atoms with E-state index in [1.54, 1.807) is 18.3 Å². The number of H-pyrrole nitrogens is 1. The molecule has 0 unspecified atom stereocenters. The topological polar surface area (TPSA) is 115 Å². The number of pyridine rings is 1. The summed E-state index contributed by atoms with van der Waals surface area (Å²) in [7, 11) is 0. The Balaban J connectivity index is 2.27. The highest BCUT2D eigenvalue weighted by Gasteiger charge is 2.23. The molecular formula is C13H8N4O4. The molecule has 0 saturated carbocycles. The third-order valence-corrected chi connectivity index (χ3v) is 3.11. The van der Waals surface area contributed by atoms with Gasteiger partial charge in [0.25, 0.3) is 5.69 Å². The highest BCUT2D eigenvalue weighted by Crippen LogP contribution is 2.34. The largest absolute Gasteiger partial charge is 0.360 e. The van der Waals surface area contributed by atoms with Gasteiger partial charge in [-0.05, 0) is 6.07 Å². The van der Waals surface area contributed by atoms with Gasteiger partial charge in [-0.25, -0.2) is 4.98 Å². The predicted octanol–water partition coefficient (Wildman–Crippen LogP) is 3.05. The summed E-state index contributed by atoms with van der Waals surface area (Å²) in [5.41, 5.74) is 0.636. The molecule has 2 heterocycles. The zero-order valence-corrected chi connectivity index (χ0v) is 10.5. The average Bonchev–Trinajstić information content (AvgIpc) is 2.90. The van der Waals surface area contributed by atoms with Gasteiger partial charge in [0.15, 0.2) is 5.69 Å². The van der Waals surface area contributed by atoms with Crippen LogP contribution in [0.4, 0.5) is 11.4 Å². The summed E-state index contributed by atoms with van der Waals surface area (Å²) in [5, 5.41) is 22.6. The van der Waals surface area contributed by atoms with Crippen LogP contribution in [0, 0.1) is 20.2 Å². The van der Waals surface area contributed by atoms with Crippen LogP contribution in [0.2, 0.25) is 0 Å². The van der Waals surface area contributed by atoms with Crippen LogP contribution >= 0.6 is 0 Å². The van der Waals surface area contributed by atoms with Crippen LogP contribution in [0.3, 0.4) is 0 Å². The summed E-state index contributed by atoms with van der Waals surface area (Å²) < 4.78 is 0. The first-order valence-corrected chi connectivity index (χ1v) is 5.93. The minimum absolute atomic E-state index is 0.100. The van der Waals surface area contributed by atoms with Gasteiger partial charge in [-0.15, -0.1) is 0 Å². The molecule has 3 rings (SSSR count). The summed E-state index contributed by atoms with van der Waals surface area (Å²) in [6, 6.07) is 8.19. The standard InChI is InChI=1S/C13H8N4O4/c18-16(19)8-5-12(17(20)21)13(15-6-8)10-7-14-11-4-2-1-3-9(10)11/h1-7,14H. The normalized spacial score (nSPS) is 10.7. The van der Waals surface area contributed by atoms with E-state index in [9.17, 15) is 20.2 Å². The van der Waals surface area contributed by atoms with Crippen LogP contribution in [-0.2, 0) is 0 Å². The molecule has 8 heteroatoms. The molecule has 1 N–H and O–H groups in total. The first-order valence-electron chi connectivity index (χ1n) is 5.93. The second kappa shape index (κ2) is 4.67. The number of aromatic nitrogens is 2. The maximum Gasteiger partial charge on any atom is 0.302 e. The maximum atomic E-state index is 11.2. The van der Waals surface area contributed by atoms with Gasteiger partial charge in [0.05, 0.1) is 15.9 Å². The van der Waals surface area contributed by atoms with Crippen molar-refractivity contribution in [1.82, 2.24) is 9.97 Å². The number of nitrogens with one attached hydrogen (secondary N) is 1. The number of rotatable bonds is 3. The van der Waals surface area contributed by atoms with Gasteiger partial charge in [0.1, 0.15) is 6.20 Å². The molecule has 0 fully saturated rings. The van der Waals surface area contributed by atoms with E-state index in [0.717, 1.165) is 23.2 Å². The van der Waals surface area contributed by atoms with Gasteiger partial charge >= 0.3 is 5.69 Å². The van der Waals surface area contributed by atoms with Crippen LogP contribution in [-0.4, -0.2) is 19.8 Å². The van der Waals surface area contributed by atoms with E-state index in [0.29, 0.717) is 5.56 Å². The van der Waals surface area contributed by atoms with E-state index in [2.05, 4.69) is 9.97 Å². The van der Waals surface area contributed by atoms with Gasteiger partial charge in [-0.3, -0.25) is 20.2 Å². The summed E-state index contributed by atoms with van der Waals surface area (Å²) in [6.07, 6.45) is 2.62. The molecule has 0 atom stereocenters. The summed E-state index contributed by atoms with van der Waals surface area (Å²) in [6.45, 7) is 0. The van der Waals surface area contributed by atoms with Crippen LogP contribution < -0.4 is 0 Å². The van der Waals surface area contributed by atoms with Gasteiger partial charge in [-0.2, -0.15) is 0 Å². The molecule has 0 spiro atoms. The fourth-order valence-corrected chi connectivity index (χ4v) is 2.16. The minimum atomic E-state index is -0.709. The second-order valence-corrected chi connectivity index (χ2v) is 4.32. The molecule has 0 aliphatic rings. The first kappa shape index (κ1) is 12.7. The summed E-state index contributed by atoms with van der Waals surface area (Å²) in [4.78, 5) is 27.4. The van der Waals surface area contributed by atoms with E-state index in [4.69, 9.17) is 0 Å². The van der Waals surface area contributed by atoms with E-state index in [-0.39, 0.29) is 5.69 Å². The number of benzene rings is 1. The Bertz CT molecular complexity index is 871. The first-order chi connectivity index (χ1) is 10.1. The summed E-state index contributed by atoms with van der Waals surface area (Å²) in [5.74, 6) is 0. The molecule has 2 aromatic heterocycles. The monoisotopic (exact) mass is 284 g/mol. The van der Waals surface area contributed by atoms with Crippen molar-refractivity contribution in [2.24, 2.45) is 0 Å². The fourth-order valence-electron chi connectivity index (χ4n) is 2.16. The Morgan fingerprint density at radius 1 is 1.10 bits per heavy atom. The van der Waals surface area contributed by atoms with Crippen LogP contribution in [0.15, 0.2) is 42.7 Å². The number of aromatic amines is 1. The van der Waals surface area contributed by atoms with Gasteiger partial charge < -0.3 is 4.98 Å². The maximum absolute atomic E-state index is 11.2. The van der Waals surface area contributed by atoms with Crippen molar-refractivity contribution in [2.45, 2.75) is 0 Å². The van der Waals surface area contributed by atoms with Gasteiger partial charge in [-0.1, -0.05) is 18.2 Å². The smallest absolute Gasteiger partial charge is 0.302 e. The van der Waals surface area contributed by atoms with Crippen molar-refractivity contribution in [3.05, 3.63) is 63.0 Å². The molecule has 0 aliphatic heterocycles. The van der Waals surface area contributed by atoms with E-state index < -0.39 is 21.2 Å². The van der Waals surface area contributed by atoms with Crippen molar-refractivity contribution in [2.75, 3.05) is 0 Å². The van der Waals surface area contributed by atoms with E-state index >= 15 is 0 Å². The number of para-hydroxylation sites is 1. The lowest BCUT2D eigenvalue weighted by Gasteiger charge is -2.01. The molecule has 3 aromatic rings. The average molecular weight is 284 g/mol. The Morgan fingerprint density at radius 3 is 2.57 bits per heavy atom. The van der Waals surface area contributed by atoms with Crippen LogP contribution in [0.25, 0.3) is 22.2 Å². The Labute approximate surface area is 117 Å². The van der Waals surface area contributed by atoms with E-state index in [1.165, 1.54) is 0 Å². The van der Waals surface area contributed by atoms with Crippen molar-refractivity contribution in [3.8, 4) is 11.3 Å². The molecule has 0 aliphatic carbocycles. The lowest BCUT2D eigenvalue weighted by atomic mass is 10.1. The zero-order valence-electron chi connectivity index (χ0n) is 10.5. The summed E-state index contributed by atoms with van der Waals surface area (Å²) >= 11 is 0. The Kier molecular flexibility index (Phi) is 2.83. The third-order valence-electron chi connectivity index (χ3n) is 3.11. The zero-order chi connectivity index (χ0) is 15.0. The molecule has 0 radical (unpaired) electrons. The quantitative estimate of drug-likeness (QED) is 0.586. The van der Waals surface area contributed by atoms with Crippen LogP contribution in [0.1, 0.15) is 0 Å². The minimum Gasteiger partial charge on any atom is -0.360 e. The lowest BCUT2D eigenvalue weighted by Crippen LogP contribution is -1.97. The number of nitrogens with zero attached hydrogens (tertiary/aromatic N) is 3. The molecule has 0 bridgehead atoms. The molecule has 1 aromatic carbocycles. The highest BCUT2D eigenvalue weighted by molar-refractivity contribution is 5.96. The molecule has 0 saturated heterocycles. The molecule has 21 heavy (non-hydrogen) atoms. The van der Waals surface area contributed by atoms with Crippen LogP contribution in [0.5, 0.6) is 0 Å². The third kappa shape index (κ3) is 2.08. The molecule has 8 nitrogen and oxygen atoms in total. The fraction of sp³-hybridized carbons (Fsp3) is 0. The van der Waals surface area contributed by atoms with Crippen molar-refractivity contribution < 1.29 is 9.85 Å². The molecular weight excluding hydrogens is 276 g/mol. The van der Waals surface area contributed by atoms with Crippen molar-refractivity contribution >= 4 is 22.3 Å². The number of fused-ring (bicyclic) bond motifs is 1. The molecule has 104 valence electrons. The van der Waals surface area contributed by atoms with Crippen molar-refractivity contribution in [1.29, 1.82) is 0 Å². The van der Waals surface area contributed by atoms with Gasteiger partial charge in [0, 0.05) is 22.7 Å². The van der Waals surface area contributed by atoms with E-state index in [1.807, 2.05) is 12.1 Å². The van der Waals surface area contributed by atoms with Gasteiger partial charge in [0.2, 0.25) is 0 Å². The Hall–Kier alpha value is -3.29. The SMILES string of the molecule is O=[N+]([O-])c1cnc(-c2c[nH]c3ccccc23)c([N+](=O)[O-])c1. The molecule has 0 amide bonds.